The Bertz CT molecular complexity index is 329. The maximum atomic E-state index is 11.8. The van der Waals surface area contributed by atoms with Crippen LogP contribution in [-0.2, 0) is 4.79 Å². The SMILES string of the molecule is CCCNC1CC2CCC(C1)N2CCC(=O)NC1CC1. The average Bonchev–Trinajstić information content (AvgIpc) is 3.21. The van der Waals surface area contributed by atoms with Gasteiger partial charge in [-0.25, -0.2) is 0 Å². The summed E-state index contributed by atoms with van der Waals surface area (Å²) >= 11 is 0. The van der Waals surface area contributed by atoms with Crippen molar-refractivity contribution in [3.8, 4) is 0 Å². The minimum absolute atomic E-state index is 0.262. The number of rotatable bonds is 7. The molecule has 0 aromatic carbocycles. The van der Waals surface area contributed by atoms with Gasteiger partial charge in [0.25, 0.3) is 0 Å². The van der Waals surface area contributed by atoms with Crippen LogP contribution in [-0.4, -0.2) is 48.1 Å². The second kappa shape index (κ2) is 6.44. The third-order valence-corrected chi connectivity index (χ3v) is 5.11. The van der Waals surface area contributed by atoms with Gasteiger partial charge in [-0.05, 0) is 51.5 Å². The van der Waals surface area contributed by atoms with E-state index in [1.54, 1.807) is 0 Å². The highest BCUT2D eigenvalue weighted by molar-refractivity contribution is 5.76. The quantitative estimate of drug-likeness (QED) is 0.745. The highest BCUT2D eigenvalue weighted by Gasteiger charge is 2.40. The molecular weight excluding hydrogens is 250 g/mol. The largest absolute Gasteiger partial charge is 0.353 e. The van der Waals surface area contributed by atoms with E-state index >= 15 is 0 Å². The molecular formula is C16H29N3O. The van der Waals surface area contributed by atoms with Gasteiger partial charge in [0, 0.05) is 37.1 Å². The molecule has 1 aliphatic carbocycles. The molecule has 2 bridgehead atoms. The van der Waals surface area contributed by atoms with Crippen LogP contribution in [0.2, 0.25) is 0 Å². The predicted octanol–water partition coefficient (Wildman–Crippen LogP) is 1.65. The summed E-state index contributed by atoms with van der Waals surface area (Å²) in [7, 11) is 0. The lowest BCUT2D eigenvalue weighted by molar-refractivity contribution is -0.121. The average molecular weight is 279 g/mol. The van der Waals surface area contributed by atoms with Gasteiger partial charge >= 0.3 is 0 Å². The van der Waals surface area contributed by atoms with Gasteiger partial charge < -0.3 is 10.6 Å². The molecule has 0 spiro atoms. The first-order valence-corrected chi connectivity index (χ1v) is 8.54. The minimum atomic E-state index is 0.262. The van der Waals surface area contributed by atoms with Gasteiger partial charge in [0.2, 0.25) is 5.91 Å². The van der Waals surface area contributed by atoms with Crippen molar-refractivity contribution in [1.82, 2.24) is 15.5 Å². The molecule has 2 N–H and O–H groups in total. The lowest BCUT2D eigenvalue weighted by atomic mass is 9.97. The van der Waals surface area contributed by atoms with Crippen molar-refractivity contribution in [2.24, 2.45) is 0 Å². The fraction of sp³-hybridized carbons (Fsp3) is 0.938. The molecule has 20 heavy (non-hydrogen) atoms. The fourth-order valence-corrected chi connectivity index (χ4v) is 3.91. The molecule has 2 heterocycles. The Morgan fingerprint density at radius 1 is 1.10 bits per heavy atom. The number of hydrogen-bond acceptors (Lipinski definition) is 3. The molecule has 2 aliphatic heterocycles. The molecule has 0 radical (unpaired) electrons. The van der Waals surface area contributed by atoms with E-state index in [0.717, 1.165) is 25.2 Å². The van der Waals surface area contributed by atoms with Crippen LogP contribution in [0.4, 0.5) is 0 Å². The van der Waals surface area contributed by atoms with Crippen LogP contribution < -0.4 is 10.6 Å². The van der Waals surface area contributed by atoms with Gasteiger partial charge in [0.05, 0.1) is 0 Å². The van der Waals surface area contributed by atoms with E-state index in [9.17, 15) is 4.79 Å². The maximum absolute atomic E-state index is 11.8. The molecule has 3 fully saturated rings. The number of carbonyl (C=O) groups is 1. The van der Waals surface area contributed by atoms with Gasteiger partial charge in [0.1, 0.15) is 0 Å². The van der Waals surface area contributed by atoms with E-state index in [4.69, 9.17) is 0 Å². The Hall–Kier alpha value is -0.610. The van der Waals surface area contributed by atoms with E-state index < -0.39 is 0 Å². The molecule has 3 rings (SSSR count). The zero-order valence-corrected chi connectivity index (χ0v) is 12.7. The Morgan fingerprint density at radius 2 is 1.80 bits per heavy atom. The van der Waals surface area contributed by atoms with Crippen molar-refractivity contribution >= 4 is 5.91 Å². The van der Waals surface area contributed by atoms with E-state index in [0.29, 0.717) is 18.5 Å². The smallest absolute Gasteiger partial charge is 0.221 e. The molecule has 4 heteroatoms. The number of nitrogens with zero attached hydrogens (tertiary/aromatic N) is 1. The van der Waals surface area contributed by atoms with Crippen LogP contribution >= 0.6 is 0 Å². The van der Waals surface area contributed by atoms with Crippen LogP contribution in [0.3, 0.4) is 0 Å². The Labute approximate surface area is 122 Å². The standard InChI is InChI=1S/C16H29N3O/c1-2-8-17-13-10-14-5-6-15(11-13)19(14)9-7-16(20)18-12-3-4-12/h12-15,17H,2-11H2,1H3,(H,18,20). The van der Waals surface area contributed by atoms with Gasteiger partial charge in [-0.2, -0.15) is 0 Å². The van der Waals surface area contributed by atoms with Crippen LogP contribution in [0.5, 0.6) is 0 Å². The third kappa shape index (κ3) is 3.53. The summed E-state index contributed by atoms with van der Waals surface area (Å²) < 4.78 is 0. The number of hydrogen-bond donors (Lipinski definition) is 2. The van der Waals surface area contributed by atoms with Gasteiger partial charge in [0.15, 0.2) is 0 Å². The van der Waals surface area contributed by atoms with Gasteiger partial charge in [-0.1, -0.05) is 6.92 Å². The summed E-state index contributed by atoms with van der Waals surface area (Å²) in [6, 6.07) is 2.65. The first kappa shape index (κ1) is 14.3. The zero-order valence-electron chi connectivity index (χ0n) is 12.7. The summed E-state index contributed by atoms with van der Waals surface area (Å²) in [6.07, 6.45) is 9.50. The third-order valence-electron chi connectivity index (χ3n) is 5.11. The van der Waals surface area contributed by atoms with E-state index in [-0.39, 0.29) is 5.91 Å². The lowest BCUT2D eigenvalue weighted by Crippen LogP contribution is -2.50. The van der Waals surface area contributed by atoms with Crippen LogP contribution in [0.15, 0.2) is 0 Å². The second-order valence-corrected chi connectivity index (χ2v) is 6.84. The van der Waals surface area contributed by atoms with Crippen molar-refractivity contribution in [3.63, 3.8) is 0 Å². The Balaban J connectivity index is 1.43. The first-order chi connectivity index (χ1) is 9.76. The monoisotopic (exact) mass is 279 g/mol. The van der Waals surface area contributed by atoms with Crippen LogP contribution in [0.25, 0.3) is 0 Å². The normalized spacial score (nSPS) is 33.4. The molecule has 114 valence electrons. The van der Waals surface area contributed by atoms with E-state index in [1.165, 1.54) is 44.9 Å². The predicted molar refractivity (Wildman–Crippen MR) is 80.6 cm³/mol. The van der Waals surface area contributed by atoms with Crippen molar-refractivity contribution in [2.75, 3.05) is 13.1 Å². The maximum Gasteiger partial charge on any atom is 0.221 e. The summed E-state index contributed by atoms with van der Waals surface area (Å²) in [4.78, 5) is 14.4. The lowest BCUT2D eigenvalue weighted by Gasteiger charge is -2.39. The summed E-state index contributed by atoms with van der Waals surface area (Å²) in [5.41, 5.74) is 0. The number of carbonyl (C=O) groups excluding carboxylic acids is 1. The molecule has 2 atom stereocenters. The van der Waals surface area contributed by atoms with Crippen molar-refractivity contribution < 1.29 is 4.79 Å². The highest BCUT2D eigenvalue weighted by atomic mass is 16.1. The number of amides is 1. The summed E-state index contributed by atoms with van der Waals surface area (Å²) in [6.45, 7) is 4.34. The minimum Gasteiger partial charge on any atom is -0.353 e. The second-order valence-electron chi connectivity index (χ2n) is 6.84. The zero-order chi connectivity index (χ0) is 13.9. The summed E-state index contributed by atoms with van der Waals surface area (Å²) in [5, 5.41) is 6.79. The number of nitrogens with one attached hydrogen (secondary N) is 2. The highest BCUT2D eigenvalue weighted by Crippen LogP contribution is 2.35. The first-order valence-electron chi connectivity index (χ1n) is 8.54. The molecule has 0 aromatic rings. The molecule has 2 unspecified atom stereocenters. The topological polar surface area (TPSA) is 44.4 Å². The van der Waals surface area contributed by atoms with Crippen molar-refractivity contribution in [3.05, 3.63) is 0 Å². The molecule has 0 aromatic heterocycles. The van der Waals surface area contributed by atoms with Crippen LogP contribution in [0.1, 0.15) is 58.3 Å². The van der Waals surface area contributed by atoms with Crippen LogP contribution in [0, 0.1) is 0 Å². The molecule has 1 amide bonds. The van der Waals surface area contributed by atoms with E-state index in [1.807, 2.05) is 0 Å². The molecule has 2 saturated heterocycles. The van der Waals surface area contributed by atoms with Crippen molar-refractivity contribution in [1.29, 1.82) is 0 Å². The summed E-state index contributed by atoms with van der Waals surface area (Å²) in [5.74, 6) is 0.262. The number of piperidine rings is 1. The molecule has 3 aliphatic rings. The van der Waals surface area contributed by atoms with E-state index in [2.05, 4.69) is 22.5 Å². The number of fused-ring (bicyclic) bond motifs is 2. The molecule has 1 saturated carbocycles. The van der Waals surface area contributed by atoms with Crippen molar-refractivity contribution in [2.45, 2.75) is 82.5 Å². The Kier molecular flexibility index (Phi) is 4.61. The molecule has 4 nitrogen and oxygen atoms in total. The van der Waals surface area contributed by atoms with Gasteiger partial charge in [-0.15, -0.1) is 0 Å². The fourth-order valence-electron chi connectivity index (χ4n) is 3.91. The Morgan fingerprint density at radius 3 is 2.40 bits per heavy atom. The van der Waals surface area contributed by atoms with Gasteiger partial charge in [-0.3, -0.25) is 9.69 Å².